The van der Waals surface area contributed by atoms with Crippen LogP contribution >= 0.6 is 0 Å². The van der Waals surface area contributed by atoms with Gasteiger partial charge in [0.05, 0.1) is 11.2 Å². The lowest BCUT2D eigenvalue weighted by molar-refractivity contribution is -0.0494. The summed E-state index contributed by atoms with van der Waals surface area (Å²) < 4.78 is 54.6. The smallest absolute Gasteiger partial charge is 0.435 e. The van der Waals surface area contributed by atoms with Crippen molar-refractivity contribution in [1.82, 2.24) is 0 Å². The summed E-state index contributed by atoms with van der Waals surface area (Å²) >= 11 is 0. The average Bonchev–Trinajstić information content (AvgIpc) is 2.52. The maximum absolute atomic E-state index is 13.6. The topological polar surface area (TPSA) is 27.7 Å². The summed E-state index contributed by atoms with van der Waals surface area (Å²) in [6.07, 6.45) is 0. The summed E-state index contributed by atoms with van der Waals surface area (Å²) in [7, 11) is -0.886. The molecular formula is C14H18BF3O3. The molecule has 1 saturated heterocycles. The number of ether oxygens (including phenoxy) is 1. The molecule has 0 amide bonds. The van der Waals surface area contributed by atoms with Gasteiger partial charge in [-0.25, -0.2) is 4.39 Å². The molecule has 1 aromatic carbocycles. The summed E-state index contributed by atoms with van der Waals surface area (Å²) in [6, 6.07) is 2.34. The summed E-state index contributed by atoms with van der Waals surface area (Å²) in [4.78, 5) is 0. The summed E-state index contributed by atoms with van der Waals surface area (Å²) in [5, 5.41) is 0. The number of hydrogen-bond donors (Lipinski definition) is 0. The molecule has 0 radical (unpaired) electrons. The summed E-state index contributed by atoms with van der Waals surface area (Å²) in [5.74, 6) is -0.891. The first kappa shape index (κ1) is 16.2. The maximum atomic E-state index is 13.6. The Bertz CT molecular complexity index is 531. The minimum atomic E-state index is -3.05. The maximum Gasteiger partial charge on any atom is 0.498 e. The Balaban J connectivity index is 2.42. The van der Waals surface area contributed by atoms with E-state index in [9.17, 15) is 13.2 Å². The first-order valence-corrected chi connectivity index (χ1v) is 6.64. The van der Waals surface area contributed by atoms with Crippen molar-refractivity contribution in [3.05, 3.63) is 23.5 Å². The highest BCUT2D eigenvalue weighted by molar-refractivity contribution is 6.63. The molecule has 0 unspecified atom stereocenters. The van der Waals surface area contributed by atoms with Crippen LogP contribution in [0.25, 0.3) is 0 Å². The van der Waals surface area contributed by atoms with Crippen molar-refractivity contribution >= 4 is 12.6 Å². The van der Waals surface area contributed by atoms with Crippen LogP contribution in [0.3, 0.4) is 0 Å². The van der Waals surface area contributed by atoms with Crippen molar-refractivity contribution in [2.45, 2.75) is 52.4 Å². The van der Waals surface area contributed by atoms with E-state index in [4.69, 9.17) is 9.31 Å². The van der Waals surface area contributed by atoms with Crippen molar-refractivity contribution in [3.8, 4) is 5.75 Å². The minimum Gasteiger partial charge on any atom is -0.435 e. The van der Waals surface area contributed by atoms with Crippen LogP contribution in [0.15, 0.2) is 12.1 Å². The molecule has 1 aliphatic heterocycles. The molecule has 0 aromatic heterocycles. The zero-order valence-electron chi connectivity index (χ0n) is 12.7. The highest BCUT2D eigenvalue weighted by atomic mass is 19.3. The second kappa shape index (κ2) is 5.21. The highest BCUT2D eigenvalue weighted by Crippen LogP contribution is 2.37. The molecule has 0 spiro atoms. The first-order valence-electron chi connectivity index (χ1n) is 6.64. The van der Waals surface area contributed by atoms with Crippen LogP contribution in [0, 0.1) is 12.7 Å². The summed E-state index contributed by atoms with van der Waals surface area (Å²) in [6.45, 7) is 5.87. The van der Waals surface area contributed by atoms with E-state index in [2.05, 4.69) is 4.74 Å². The fraction of sp³-hybridized carbons (Fsp3) is 0.571. The lowest BCUT2D eigenvalue weighted by atomic mass is 9.77. The first-order chi connectivity index (χ1) is 9.53. The second-order valence-electron chi connectivity index (χ2n) is 6.11. The molecule has 0 N–H and O–H groups in total. The van der Waals surface area contributed by atoms with Crippen molar-refractivity contribution in [3.63, 3.8) is 0 Å². The van der Waals surface area contributed by atoms with Gasteiger partial charge in [-0.1, -0.05) is 6.07 Å². The van der Waals surface area contributed by atoms with Gasteiger partial charge in [-0.3, -0.25) is 0 Å². The van der Waals surface area contributed by atoms with Crippen LogP contribution in [0.1, 0.15) is 33.3 Å². The quantitative estimate of drug-likeness (QED) is 0.803. The number of halogens is 3. The van der Waals surface area contributed by atoms with Crippen LogP contribution in [0.2, 0.25) is 0 Å². The van der Waals surface area contributed by atoms with E-state index >= 15 is 0 Å². The largest absolute Gasteiger partial charge is 0.498 e. The van der Waals surface area contributed by atoms with E-state index < -0.39 is 30.7 Å². The highest BCUT2D eigenvalue weighted by Gasteiger charge is 2.52. The molecule has 1 fully saturated rings. The van der Waals surface area contributed by atoms with Gasteiger partial charge in [0.1, 0.15) is 11.6 Å². The fourth-order valence-corrected chi connectivity index (χ4v) is 2.04. The van der Waals surface area contributed by atoms with E-state index in [0.717, 1.165) is 6.07 Å². The van der Waals surface area contributed by atoms with E-state index in [1.54, 1.807) is 0 Å². The Hall–Kier alpha value is -1.21. The predicted molar refractivity (Wildman–Crippen MR) is 73.5 cm³/mol. The van der Waals surface area contributed by atoms with Gasteiger partial charge in [-0.05, 0) is 40.2 Å². The lowest BCUT2D eigenvalue weighted by Gasteiger charge is -2.32. The predicted octanol–water partition coefficient (Wildman–Crippen LogP) is 3.03. The van der Waals surface area contributed by atoms with Gasteiger partial charge in [0.25, 0.3) is 0 Å². The van der Waals surface area contributed by atoms with Crippen molar-refractivity contribution < 1.29 is 27.2 Å². The van der Waals surface area contributed by atoms with Crippen LogP contribution in [-0.2, 0) is 9.31 Å². The zero-order valence-corrected chi connectivity index (χ0v) is 12.7. The van der Waals surface area contributed by atoms with Crippen molar-refractivity contribution in [2.24, 2.45) is 0 Å². The third kappa shape index (κ3) is 3.03. The van der Waals surface area contributed by atoms with E-state index in [1.165, 1.54) is 13.0 Å². The van der Waals surface area contributed by atoms with E-state index in [-0.39, 0.29) is 11.2 Å². The molecular weight excluding hydrogens is 284 g/mol. The molecule has 0 saturated carbocycles. The van der Waals surface area contributed by atoms with Gasteiger partial charge in [0.15, 0.2) is 0 Å². The molecule has 1 aliphatic rings. The monoisotopic (exact) mass is 302 g/mol. The molecule has 0 bridgehead atoms. The van der Waals surface area contributed by atoms with Gasteiger partial charge in [-0.2, -0.15) is 8.78 Å². The SMILES string of the molecule is Cc1cc(B2OC(C)(C)C(C)(C)O2)c(OC(F)F)cc1F. The van der Waals surface area contributed by atoms with Gasteiger partial charge in [-0.15, -0.1) is 0 Å². The van der Waals surface area contributed by atoms with Gasteiger partial charge >= 0.3 is 13.7 Å². The lowest BCUT2D eigenvalue weighted by Crippen LogP contribution is -2.41. The number of rotatable bonds is 3. The molecule has 0 atom stereocenters. The third-order valence-corrected chi connectivity index (χ3v) is 4.01. The Morgan fingerprint density at radius 2 is 1.62 bits per heavy atom. The Morgan fingerprint density at radius 1 is 1.10 bits per heavy atom. The van der Waals surface area contributed by atoms with E-state index in [1.807, 2.05) is 27.7 Å². The molecule has 116 valence electrons. The van der Waals surface area contributed by atoms with E-state index in [0.29, 0.717) is 5.56 Å². The molecule has 21 heavy (non-hydrogen) atoms. The Kier molecular flexibility index (Phi) is 4.01. The standard InChI is InChI=1S/C14H18BF3O3/c1-8-6-9(11(7-10(8)16)19-12(17)18)15-20-13(2,3)14(4,5)21-15/h6-7,12H,1-5H3. The normalized spacial score (nSPS) is 20.1. The fourth-order valence-electron chi connectivity index (χ4n) is 2.04. The molecule has 0 aliphatic carbocycles. The van der Waals surface area contributed by atoms with Crippen molar-refractivity contribution in [2.75, 3.05) is 0 Å². The van der Waals surface area contributed by atoms with Crippen LogP contribution in [0.5, 0.6) is 5.75 Å². The second-order valence-corrected chi connectivity index (χ2v) is 6.11. The minimum absolute atomic E-state index is 0.257. The van der Waals surface area contributed by atoms with Crippen LogP contribution in [-0.4, -0.2) is 24.9 Å². The number of alkyl halides is 2. The van der Waals surface area contributed by atoms with Crippen LogP contribution < -0.4 is 10.2 Å². The van der Waals surface area contributed by atoms with Gasteiger partial charge in [0, 0.05) is 11.5 Å². The number of benzene rings is 1. The van der Waals surface area contributed by atoms with Crippen LogP contribution in [0.4, 0.5) is 13.2 Å². The van der Waals surface area contributed by atoms with Crippen molar-refractivity contribution in [1.29, 1.82) is 0 Å². The molecule has 2 rings (SSSR count). The summed E-state index contributed by atoms with van der Waals surface area (Å²) in [5.41, 5.74) is -0.682. The third-order valence-electron chi connectivity index (χ3n) is 4.01. The molecule has 7 heteroatoms. The van der Waals surface area contributed by atoms with Gasteiger partial charge in [0.2, 0.25) is 0 Å². The Morgan fingerprint density at radius 3 is 2.10 bits per heavy atom. The van der Waals surface area contributed by atoms with Gasteiger partial charge < -0.3 is 14.0 Å². The average molecular weight is 302 g/mol. The molecule has 3 nitrogen and oxygen atoms in total. The number of hydrogen-bond acceptors (Lipinski definition) is 3. The number of aryl methyl sites for hydroxylation is 1. The molecule has 1 heterocycles. The Labute approximate surface area is 122 Å². The zero-order chi connectivity index (χ0) is 16.0. The molecule has 1 aromatic rings.